The monoisotopic (exact) mass is 771 g/mol. The van der Waals surface area contributed by atoms with Gasteiger partial charge in [-0.1, -0.05) is 49.7 Å². The van der Waals surface area contributed by atoms with Gasteiger partial charge in [-0.25, -0.2) is 0 Å². The molecule has 5 aromatic carbocycles. The van der Waals surface area contributed by atoms with E-state index >= 15 is 0 Å². The third kappa shape index (κ3) is 7.67. The zero-order valence-electron chi connectivity index (χ0n) is 30.1. The van der Waals surface area contributed by atoms with Crippen LogP contribution in [0.25, 0.3) is 11.1 Å². The van der Waals surface area contributed by atoms with Gasteiger partial charge in [0.05, 0.1) is 23.1 Å². The number of fused-ring (bicyclic) bond motifs is 1. The summed E-state index contributed by atoms with van der Waals surface area (Å²) in [6.45, 7) is 8.87. The highest BCUT2D eigenvalue weighted by molar-refractivity contribution is 7.86. The minimum Gasteiger partial charge on any atom is -0.497 e. The molecule has 0 unspecified atom stereocenters. The number of rotatable bonds is 10. The summed E-state index contributed by atoms with van der Waals surface area (Å²) in [5, 5.41) is 0.545. The third-order valence-electron chi connectivity index (χ3n) is 9.22. The molecule has 5 aromatic rings. The number of aryl methyl sites for hydroxylation is 2. The number of hydrogen-bond donors (Lipinski definition) is 2. The van der Waals surface area contributed by atoms with Gasteiger partial charge < -0.3 is 9.64 Å². The molecule has 0 aliphatic carbocycles. The minimum atomic E-state index is -5.05. The van der Waals surface area contributed by atoms with Crippen molar-refractivity contribution in [2.24, 2.45) is 5.92 Å². The molecule has 0 amide bonds. The molecule has 0 atom stereocenters. The van der Waals surface area contributed by atoms with Gasteiger partial charge in [0.1, 0.15) is 10.6 Å². The van der Waals surface area contributed by atoms with Crippen molar-refractivity contribution in [3.8, 4) is 5.75 Å². The molecule has 1 heterocycles. The zero-order valence-corrected chi connectivity index (χ0v) is 32.5. The van der Waals surface area contributed by atoms with Crippen LogP contribution in [0, 0.1) is 19.8 Å². The Kier molecular flexibility index (Phi) is 10.4. The molecular weight excluding hydrogens is 732 g/mol. The van der Waals surface area contributed by atoms with Crippen molar-refractivity contribution in [1.29, 1.82) is 0 Å². The fourth-order valence-corrected chi connectivity index (χ4v) is 8.32. The normalized spacial score (nSPS) is 14.1. The van der Waals surface area contributed by atoms with Crippen molar-refractivity contribution in [2.75, 3.05) is 25.6 Å². The largest absolute Gasteiger partial charge is 0.497 e. The molecule has 274 valence electrons. The molecule has 6 rings (SSSR count). The number of methoxy groups -OCH3 is 1. The van der Waals surface area contributed by atoms with Crippen LogP contribution in [0.5, 0.6) is 5.75 Å². The summed E-state index contributed by atoms with van der Waals surface area (Å²) in [6.07, 6.45) is 0. The maximum absolute atomic E-state index is 13.2. The smallest absolute Gasteiger partial charge is 0.295 e. The van der Waals surface area contributed by atoms with Crippen molar-refractivity contribution >= 4 is 65.8 Å². The summed E-state index contributed by atoms with van der Waals surface area (Å²) >= 11 is 6.38. The average Bonchev–Trinajstić information content (AvgIpc) is 3.40. The van der Waals surface area contributed by atoms with Crippen LogP contribution < -0.4 is 9.64 Å². The number of ether oxygens (including phenoxy) is 1. The summed E-state index contributed by atoms with van der Waals surface area (Å²) in [6, 6.07) is 30.0. The lowest BCUT2D eigenvalue weighted by atomic mass is 9.84. The Labute approximate surface area is 316 Å². The Morgan fingerprint density at radius 2 is 1.42 bits per heavy atom. The molecule has 12 heteroatoms. The van der Waals surface area contributed by atoms with Crippen LogP contribution in [0.4, 0.5) is 17.1 Å². The molecule has 1 aliphatic rings. The highest BCUT2D eigenvalue weighted by atomic mass is 35.5. The summed E-state index contributed by atoms with van der Waals surface area (Å²) in [5.74, 6) is 0.939. The summed E-state index contributed by atoms with van der Waals surface area (Å²) in [5.41, 5.74) is 8.86. The van der Waals surface area contributed by atoms with E-state index in [4.69, 9.17) is 16.3 Å². The van der Waals surface area contributed by atoms with E-state index in [9.17, 15) is 25.9 Å². The van der Waals surface area contributed by atoms with Crippen LogP contribution in [0.2, 0.25) is 5.02 Å². The van der Waals surface area contributed by atoms with E-state index in [2.05, 4.69) is 30.6 Å². The topological polar surface area (TPSA) is 124 Å². The maximum Gasteiger partial charge on any atom is 0.295 e. The first-order valence-electron chi connectivity index (χ1n) is 16.8. The fourth-order valence-electron chi connectivity index (χ4n) is 6.89. The minimum absolute atomic E-state index is 0.0509. The number of hydrogen-bond acceptors (Lipinski definition) is 6. The van der Waals surface area contributed by atoms with Gasteiger partial charge in [-0.2, -0.15) is 21.4 Å². The summed E-state index contributed by atoms with van der Waals surface area (Å²) in [7, 11) is -6.34. The van der Waals surface area contributed by atoms with E-state index in [1.165, 1.54) is 6.07 Å². The van der Waals surface area contributed by atoms with Gasteiger partial charge in [-0.3, -0.25) is 9.11 Å². The van der Waals surface area contributed by atoms with Crippen molar-refractivity contribution in [1.82, 2.24) is 0 Å². The Hall–Kier alpha value is -4.78. The lowest BCUT2D eigenvalue weighted by molar-refractivity contribution is -0.443. The molecule has 0 aromatic heterocycles. The zero-order chi connectivity index (χ0) is 38.4. The summed E-state index contributed by atoms with van der Waals surface area (Å²) < 4.78 is 79.0. The first kappa shape index (κ1) is 38.0. The van der Waals surface area contributed by atoms with Crippen molar-refractivity contribution in [3.05, 3.63) is 142 Å². The SMILES string of the molecule is COc1ccc(N(C)c2ccc(C(=C3C(c4ccc(Cl)cc4)=[N+](CC(C)C)c4cc(C)cc(C)c43)c3ccc(S(=O)(=O)O)cc3S(=O)(=O)O)cc2)cc1. The first-order chi connectivity index (χ1) is 25.0. The van der Waals surface area contributed by atoms with E-state index < -0.39 is 30.0 Å². The number of nitrogens with zero attached hydrogens (tertiary/aromatic N) is 2. The van der Waals surface area contributed by atoms with Crippen molar-refractivity contribution in [3.63, 3.8) is 0 Å². The third-order valence-corrected chi connectivity index (χ3v) is 11.2. The Morgan fingerprint density at radius 1 is 0.811 bits per heavy atom. The van der Waals surface area contributed by atoms with Crippen LogP contribution >= 0.6 is 11.6 Å². The van der Waals surface area contributed by atoms with Crippen LogP contribution in [-0.2, 0) is 20.2 Å². The van der Waals surface area contributed by atoms with Gasteiger partial charge >= 0.3 is 0 Å². The van der Waals surface area contributed by atoms with Crippen LogP contribution in [0.1, 0.15) is 47.2 Å². The van der Waals surface area contributed by atoms with E-state index in [0.717, 1.165) is 62.9 Å². The van der Waals surface area contributed by atoms with Crippen LogP contribution in [0.3, 0.4) is 0 Å². The van der Waals surface area contributed by atoms with Crippen LogP contribution in [0.15, 0.2) is 113 Å². The molecule has 0 saturated heterocycles. The first-order valence-corrected chi connectivity index (χ1v) is 20.1. The van der Waals surface area contributed by atoms with Gasteiger partial charge in [0.15, 0.2) is 6.54 Å². The van der Waals surface area contributed by atoms with E-state index in [-0.39, 0.29) is 11.5 Å². The Bertz CT molecular complexity index is 2510. The van der Waals surface area contributed by atoms with E-state index in [1.807, 2.05) is 86.5 Å². The Morgan fingerprint density at radius 3 is 1.96 bits per heavy atom. The molecule has 53 heavy (non-hydrogen) atoms. The van der Waals surface area contributed by atoms with Crippen molar-refractivity contribution < 1.29 is 35.3 Å². The van der Waals surface area contributed by atoms with Crippen LogP contribution in [-0.4, -0.2) is 56.9 Å². The van der Waals surface area contributed by atoms with E-state index in [0.29, 0.717) is 28.3 Å². The highest BCUT2D eigenvalue weighted by Gasteiger charge is 2.41. The van der Waals surface area contributed by atoms with Gasteiger partial charge in [-0.15, -0.1) is 0 Å². The van der Waals surface area contributed by atoms with E-state index in [1.54, 1.807) is 19.2 Å². The predicted molar refractivity (Wildman–Crippen MR) is 211 cm³/mol. The molecule has 0 saturated carbocycles. The molecule has 9 nitrogen and oxygen atoms in total. The quantitative estimate of drug-likeness (QED) is 0.107. The molecule has 0 spiro atoms. The number of benzene rings is 5. The Balaban J connectivity index is 1.75. The lowest BCUT2D eigenvalue weighted by Crippen LogP contribution is -2.19. The highest BCUT2D eigenvalue weighted by Crippen LogP contribution is 2.47. The van der Waals surface area contributed by atoms with Gasteiger partial charge in [0.25, 0.3) is 20.2 Å². The standard InChI is InChI=1S/C41H39ClN2O7S2/c1-25(2)24-44-36-22-26(3)21-27(4)38(36)40(41(44)29-7-11-30(42)12-8-29)39(35-20-19-34(52(45,46)47)23-37(35)53(48,49)50)28-9-13-31(14-10-28)43(5)32-15-17-33(51-6)18-16-32/h7-23,25H,24H2,1-6H3,(H-,45,46,47,48,49,50)/p+1. The predicted octanol–water partition coefficient (Wildman–Crippen LogP) is 8.99. The summed E-state index contributed by atoms with van der Waals surface area (Å²) in [4.78, 5) is 0.656. The fraction of sp³-hybridized carbons (Fsp3) is 0.195. The number of allylic oxidation sites excluding steroid dienone is 1. The number of anilines is 2. The lowest BCUT2D eigenvalue weighted by Gasteiger charge is -2.21. The maximum atomic E-state index is 13.2. The second-order valence-electron chi connectivity index (χ2n) is 13.5. The van der Waals surface area contributed by atoms with Gasteiger partial charge in [0, 0.05) is 52.1 Å². The second kappa shape index (κ2) is 14.6. The second-order valence-corrected chi connectivity index (χ2v) is 16.7. The molecule has 2 N–H and O–H groups in total. The molecule has 0 fully saturated rings. The average molecular weight is 772 g/mol. The molecule has 0 bridgehead atoms. The molecule has 0 radical (unpaired) electrons. The van der Waals surface area contributed by atoms with Gasteiger partial charge in [0.2, 0.25) is 11.4 Å². The van der Waals surface area contributed by atoms with Gasteiger partial charge in [-0.05, 0) is 103 Å². The molecule has 1 aliphatic heterocycles. The number of halogens is 1. The molecular formula is C41H40ClN2O7S2+. The van der Waals surface area contributed by atoms with Crippen molar-refractivity contribution in [2.45, 2.75) is 37.5 Å².